The third kappa shape index (κ3) is 2.05. The highest BCUT2D eigenvalue weighted by Crippen LogP contribution is 2.29. The van der Waals surface area contributed by atoms with Crippen molar-refractivity contribution < 1.29 is 0 Å². The van der Waals surface area contributed by atoms with Crippen LogP contribution in [0.1, 0.15) is 39.0 Å². The fourth-order valence-electron chi connectivity index (χ4n) is 2.76. The summed E-state index contributed by atoms with van der Waals surface area (Å²) in [6, 6.07) is 0. The lowest BCUT2D eigenvalue weighted by Crippen LogP contribution is -2.67. The van der Waals surface area contributed by atoms with Crippen molar-refractivity contribution in [3.8, 4) is 0 Å². The summed E-state index contributed by atoms with van der Waals surface area (Å²) in [5, 5.41) is 0. The van der Waals surface area contributed by atoms with Gasteiger partial charge < -0.3 is 5.73 Å². The SMILES string of the molecule is CCC1(N)CN(CC2CCCC2)C1. The van der Waals surface area contributed by atoms with E-state index in [1.165, 1.54) is 32.2 Å². The van der Waals surface area contributed by atoms with Gasteiger partial charge in [-0.15, -0.1) is 0 Å². The second-order valence-corrected chi connectivity index (χ2v) is 5.04. The van der Waals surface area contributed by atoms with Gasteiger partial charge in [0.2, 0.25) is 0 Å². The molecule has 2 N–H and O–H groups in total. The van der Waals surface area contributed by atoms with Crippen LogP contribution < -0.4 is 5.73 Å². The molecule has 2 heteroatoms. The molecule has 0 radical (unpaired) electrons. The molecule has 1 saturated carbocycles. The highest BCUT2D eigenvalue weighted by Gasteiger charge is 2.38. The van der Waals surface area contributed by atoms with Crippen LogP contribution in [0.2, 0.25) is 0 Å². The van der Waals surface area contributed by atoms with E-state index in [2.05, 4.69) is 11.8 Å². The summed E-state index contributed by atoms with van der Waals surface area (Å²) >= 11 is 0. The molecule has 0 spiro atoms. The third-order valence-electron chi connectivity index (χ3n) is 3.77. The van der Waals surface area contributed by atoms with Crippen molar-refractivity contribution in [3.63, 3.8) is 0 Å². The average Bonchev–Trinajstić information content (AvgIpc) is 2.54. The Morgan fingerprint density at radius 3 is 2.46 bits per heavy atom. The van der Waals surface area contributed by atoms with Crippen LogP contribution in [0, 0.1) is 5.92 Å². The number of hydrogen-bond acceptors (Lipinski definition) is 2. The van der Waals surface area contributed by atoms with E-state index < -0.39 is 0 Å². The molecule has 2 rings (SSSR count). The van der Waals surface area contributed by atoms with E-state index in [0.717, 1.165) is 25.4 Å². The predicted molar refractivity (Wildman–Crippen MR) is 55.6 cm³/mol. The van der Waals surface area contributed by atoms with E-state index in [1.54, 1.807) is 0 Å². The molecule has 0 unspecified atom stereocenters. The molecule has 0 amide bonds. The van der Waals surface area contributed by atoms with E-state index in [-0.39, 0.29) is 5.54 Å². The van der Waals surface area contributed by atoms with Gasteiger partial charge in [-0.2, -0.15) is 0 Å². The molecule has 2 aliphatic rings. The van der Waals surface area contributed by atoms with Crippen molar-refractivity contribution in [3.05, 3.63) is 0 Å². The number of hydrogen-bond donors (Lipinski definition) is 1. The van der Waals surface area contributed by atoms with Crippen LogP contribution >= 0.6 is 0 Å². The molecule has 0 bridgehead atoms. The van der Waals surface area contributed by atoms with Crippen LogP contribution in [-0.2, 0) is 0 Å². The number of likely N-dealkylation sites (tertiary alicyclic amines) is 1. The Balaban J connectivity index is 1.68. The van der Waals surface area contributed by atoms with Crippen LogP contribution in [0.15, 0.2) is 0 Å². The Hall–Kier alpha value is -0.0800. The Labute approximate surface area is 81.5 Å². The van der Waals surface area contributed by atoms with Crippen LogP contribution in [0.5, 0.6) is 0 Å². The van der Waals surface area contributed by atoms with Gasteiger partial charge in [0, 0.05) is 25.2 Å². The monoisotopic (exact) mass is 182 g/mol. The van der Waals surface area contributed by atoms with Gasteiger partial charge in [-0.25, -0.2) is 0 Å². The predicted octanol–water partition coefficient (Wildman–Crippen LogP) is 1.60. The summed E-state index contributed by atoms with van der Waals surface area (Å²) < 4.78 is 0. The maximum Gasteiger partial charge on any atom is 0.0409 e. The molecule has 0 aromatic heterocycles. The highest BCUT2D eigenvalue weighted by atomic mass is 15.2. The molecule has 1 heterocycles. The minimum absolute atomic E-state index is 0.165. The fraction of sp³-hybridized carbons (Fsp3) is 1.00. The first-order valence-electron chi connectivity index (χ1n) is 5.73. The molecule has 76 valence electrons. The van der Waals surface area contributed by atoms with Crippen molar-refractivity contribution in [2.75, 3.05) is 19.6 Å². The second kappa shape index (κ2) is 3.58. The zero-order chi connectivity index (χ0) is 9.31. The molecular formula is C11H22N2. The number of nitrogens with zero attached hydrogens (tertiary/aromatic N) is 1. The molecule has 2 fully saturated rings. The first-order valence-corrected chi connectivity index (χ1v) is 5.73. The second-order valence-electron chi connectivity index (χ2n) is 5.04. The lowest BCUT2D eigenvalue weighted by Gasteiger charge is -2.48. The maximum absolute atomic E-state index is 6.13. The topological polar surface area (TPSA) is 29.3 Å². The Bertz CT molecular complexity index is 167. The summed E-state index contributed by atoms with van der Waals surface area (Å²) in [7, 11) is 0. The van der Waals surface area contributed by atoms with E-state index in [1.807, 2.05) is 0 Å². The zero-order valence-corrected chi connectivity index (χ0v) is 8.76. The third-order valence-corrected chi connectivity index (χ3v) is 3.77. The van der Waals surface area contributed by atoms with Crippen molar-refractivity contribution in [1.82, 2.24) is 4.90 Å². The number of nitrogens with two attached hydrogens (primary N) is 1. The first-order chi connectivity index (χ1) is 6.22. The lowest BCUT2D eigenvalue weighted by molar-refractivity contribution is 0.0534. The van der Waals surface area contributed by atoms with Gasteiger partial charge in [-0.3, -0.25) is 4.90 Å². The summed E-state index contributed by atoms with van der Waals surface area (Å²) in [5.74, 6) is 0.987. The van der Waals surface area contributed by atoms with Gasteiger partial charge in [0.15, 0.2) is 0 Å². The molecule has 13 heavy (non-hydrogen) atoms. The van der Waals surface area contributed by atoms with Gasteiger partial charge in [0.25, 0.3) is 0 Å². The van der Waals surface area contributed by atoms with E-state index in [4.69, 9.17) is 5.73 Å². The van der Waals surface area contributed by atoms with E-state index in [9.17, 15) is 0 Å². The molecular weight excluding hydrogens is 160 g/mol. The standard InChI is InChI=1S/C11H22N2/c1-2-11(12)8-13(9-11)7-10-5-3-4-6-10/h10H,2-9,12H2,1H3. The molecule has 0 aromatic rings. The van der Waals surface area contributed by atoms with Gasteiger partial charge in [-0.1, -0.05) is 19.8 Å². The zero-order valence-electron chi connectivity index (χ0n) is 8.76. The van der Waals surface area contributed by atoms with Crippen LogP contribution in [0.25, 0.3) is 0 Å². The number of rotatable bonds is 3. The molecule has 2 nitrogen and oxygen atoms in total. The van der Waals surface area contributed by atoms with Crippen LogP contribution in [0.4, 0.5) is 0 Å². The highest BCUT2D eigenvalue weighted by molar-refractivity contribution is 4.99. The van der Waals surface area contributed by atoms with E-state index in [0.29, 0.717) is 0 Å². The Kier molecular flexibility index (Phi) is 2.61. The first kappa shape index (κ1) is 9.47. The minimum Gasteiger partial charge on any atom is -0.323 e. The average molecular weight is 182 g/mol. The molecule has 0 aromatic carbocycles. The summed E-state index contributed by atoms with van der Waals surface area (Å²) in [4.78, 5) is 2.54. The maximum atomic E-state index is 6.13. The smallest absolute Gasteiger partial charge is 0.0409 e. The Morgan fingerprint density at radius 1 is 1.31 bits per heavy atom. The van der Waals surface area contributed by atoms with Crippen LogP contribution in [0.3, 0.4) is 0 Å². The van der Waals surface area contributed by atoms with Crippen molar-refractivity contribution >= 4 is 0 Å². The van der Waals surface area contributed by atoms with Gasteiger partial charge in [0.05, 0.1) is 0 Å². The van der Waals surface area contributed by atoms with Crippen molar-refractivity contribution in [2.24, 2.45) is 11.7 Å². The molecule has 0 atom stereocenters. The minimum atomic E-state index is 0.165. The quantitative estimate of drug-likeness (QED) is 0.718. The molecule has 1 aliphatic carbocycles. The van der Waals surface area contributed by atoms with Gasteiger partial charge in [-0.05, 0) is 25.2 Å². The normalized spacial score (nSPS) is 29.1. The van der Waals surface area contributed by atoms with Crippen LogP contribution in [-0.4, -0.2) is 30.1 Å². The largest absolute Gasteiger partial charge is 0.323 e. The molecule has 1 aliphatic heterocycles. The summed E-state index contributed by atoms with van der Waals surface area (Å²) in [5.41, 5.74) is 6.29. The van der Waals surface area contributed by atoms with Crippen molar-refractivity contribution in [1.29, 1.82) is 0 Å². The molecule has 1 saturated heterocycles. The van der Waals surface area contributed by atoms with Crippen molar-refractivity contribution in [2.45, 2.75) is 44.6 Å². The lowest BCUT2D eigenvalue weighted by atomic mass is 9.87. The van der Waals surface area contributed by atoms with Gasteiger partial charge >= 0.3 is 0 Å². The van der Waals surface area contributed by atoms with E-state index >= 15 is 0 Å². The van der Waals surface area contributed by atoms with Gasteiger partial charge in [0.1, 0.15) is 0 Å². The summed E-state index contributed by atoms with van der Waals surface area (Å²) in [6.07, 6.45) is 6.97. The fourth-order valence-corrected chi connectivity index (χ4v) is 2.76. The Morgan fingerprint density at radius 2 is 1.92 bits per heavy atom. The summed E-state index contributed by atoms with van der Waals surface area (Å²) in [6.45, 7) is 5.80.